The highest BCUT2D eigenvalue weighted by Gasteiger charge is 2.38. The molecular formula is C16H26N2O3. The van der Waals surface area contributed by atoms with Crippen molar-refractivity contribution in [3.8, 4) is 0 Å². The lowest BCUT2D eigenvalue weighted by molar-refractivity contribution is -0.149. The molecule has 0 N–H and O–H groups in total. The van der Waals surface area contributed by atoms with Gasteiger partial charge in [-0.2, -0.15) is 4.98 Å². The highest BCUT2D eigenvalue weighted by molar-refractivity contribution is 5.80. The molecule has 0 spiro atoms. The average molecular weight is 294 g/mol. The molecule has 21 heavy (non-hydrogen) atoms. The molecule has 5 heteroatoms. The van der Waals surface area contributed by atoms with Gasteiger partial charge >= 0.3 is 5.97 Å². The number of esters is 1. The third-order valence-corrected chi connectivity index (χ3v) is 4.55. The molecular weight excluding hydrogens is 268 g/mol. The monoisotopic (exact) mass is 294 g/mol. The van der Waals surface area contributed by atoms with E-state index in [1.165, 1.54) is 19.3 Å². The molecule has 1 saturated carbocycles. The van der Waals surface area contributed by atoms with Gasteiger partial charge in [0.15, 0.2) is 5.82 Å². The van der Waals surface area contributed by atoms with Gasteiger partial charge in [0.25, 0.3) is 0 Å². The molecule has 1 fully saturated rings. The Morgan fingerprint density at radius 2 is 1.95 bits per heavy atom. The first-order valence-electron chi connectivity index (χ1n) is 8.00. The van der Waals surface area contributed by atoms with Gasteiger partial charge in [0, 0.05) is 5.92 Å². The number of ether oxygens (including phenoxy) is 1. The van der Waals surface area contributed by atoms with Gasteiger partial charge in [-0.3, -0.25) is 4.79 Å². The zero-order valence-electron chi connectivity index (χ0n) is 13.5. The van der Waals surface area contributed by atoms with E-state index in [4.69, 9.17) is 9.26 Å². The van der Waals surface area contributed by atoms with E-state index in [-0.39, 0.29) is 5.97 Å². The lowest BCUT2D eigenvalue weighted by Gasteiger charge is -2.25. The van der Waals surface area contributed by atoms with Crippen LogP contribution in [0.25, 0.3) is 0 Å². The van der Waals surface area contributed by atoms with Crippen LogP contribution in [0.5, 0.6) is 0 Å². The van der Waals surface area contributed by atoms with E-state index in [0.717, 1.165) is 24.6 Å². The van der Waals surface area contributed by atoms with E-state index in [0.29, 0.717) is 18.4 Å². The second-order valence-corrected chi connectivity index (χ2v) is 6.43. The molecule has 2 rings (SSSR count). The average Bonchev–Trinajstić information content (AvgIpc) is 2.98. The predicted octanol–water partition coefficient (Wildman–Crippen LogP) is 3.59. The fourth-order valence-corrected chi connectivity index (χ4v) is 2.88. The summed E-state index contributed by atoms with van der Waals surface area (Å²) in [4.78, 5) is 16.5. The standard InChI is InChI=1S/C16H26N2O3/c1-5-11-7-9-12(10-8-11)13-17-14(21-18-13)16(3,4)15(19)20-6-2/h11-12H,5-10H2,1-4H3. The Morgan fingerprint density at radius 1 is 1.29 bits per heavy atom. The summed E-state index contributed by atoms with van der Waals surface area (Å²) in [5.74, 6) is 1.98. The minimum atomic E-state index is -0.887. The van der Waals surface area contributed by atoms with Crippen LogP contribution >= 0.6 is 0 Å². The molecule has 0 saturated heterocycles. The van der Waals surface area contributed by atoms with E-state index in [2.05, 4.69) is 17.1 Å². The Bertz CT molecular complexity index is 474. The van der Waals surface area contributed by atoms with Crippen LogP contribution in [0, 0.1) is 5.92 Å². The maximum absolute atomic E-state index is 12.0. The Labute approximate surface area is 126 Å². The number of carbonyl (C=O) groups excluding carboxylic acids is 1. The number of hydrogen-bond acceptors (Lipinski definition) is 5. The van der Waals surface area contributed by atoms with Crippen LogP contribution < -0.4 is 0 Å². The largest absolute Gasteiger partial charge is 0.465 e. The number of carbonyl (C=O) groups is 1. The van der Waals surface area contributed by atoms with Crippen molar-refractivity contribution >= 4 is 5.97 Å². The topological polar surface area (TPSA) is 65.2 Å². The molecule has 0 bridgehead atoms. The first kappa shape index (κ1) is 16.0. The van der Waals surface area contributed by atoms with Crippen molar-refractivity contribution in [3.63, 3.8) is 0 Å². The molecule has 1 aromatic heterocycles. The normalized spacial score (nSPS) is 23.0. The quantitative estimate of drug-likeness (QED) is 0.776. The Morgan fingerprint density at radius 3 is 2.52 bits per heavy atom. The van der Waals surface area contributed by atoms with Gasteiger partial charge < -0.3 is 9.26 Å². The van der Waals surface area contributed by atoms with Crippen LogP contribution in [0.15, 0.2) is 4.52 Å². The van der Waals surface area contributed by atoms with Crippen molar-refractivity contribution in [1.29, 1.82) is 0 Å². The summed E-state index contributed by atoms with van der Waals surface area (Å²) in [6.07, 6.45) is 5.92. The molecule has 0 unspecified atom stereocenters. The predicted molar refractivity (Wildman–Crippen MR) is 78.9 cm³/mol. The van der Waals surface area contributed by atoms with Crippen LogP contribution in [0.4, 0.5) is 0 Å². The van der Waals surface area contributed by atoms with E-state index in [1.54, 1.807) is 20.8 Å². The van der Waals surface area contributed by atoms with Gasteiger partial charge in [0.2, 0.25) is 5.89 Å². The Kier molecular flexibility index (Phi) is 5.01. The Balaban J connectivity index is 2.06. The van der Waals surface area contributed by atoms with Gasteiger partial charge in [0.05, 0.1) is 6.61 Å². The first-order chi connectivity index (χ1) is 9.98. The lowest BCUT2D eigenvalue weighted by Crippen LogP contribution is -2.31. The maximum Gasteiger partial charge on any atom is 0.321 e. The van der Waals surface area contributed by atoms with Crippen molar-refractivity contribution in [1.82, 2.24) is 10.1 Å². The second-order valence-electron chi connectivity index (χ2n) is 6.43. The SMILES string of the molecule is CCOC(=O)C(C)(C)c1nc(C2CCC(CC)CC2)no1. The van der Waals surface area contributed by atoms with E-state index in [1.807, 2.05) is 0 Å². The molecule has 118 valence electrons. The molecule has 0 radical (unpaired) electrons. The van der Waals surface area contributed by atoms with Crippen LogP contribution in [0.3, 0.4) is 0 Å². The van der Waals surface area contributed by atoms with Gasteiger partial charge in [-0.05, 0) is 52.4 Å². The third-order valence-electron chi connectivity index (χ3n) is 4.55. The first-order valence-corrected chi connectivity index (χ1v) is 8.00. The zero-order chi connectivity index (χ0) is 15.5. The minimum absolute atomic E-state index is 0.324. The molecule has 1 aromatic rings. The summed E-state index contributed by atoms with van der Waals surface area (Å²) >= 11 is 0. The molecule has 0 aliphatic heterocycles. The summed E-state index contributed by atoms with van der Waals surface area (Å²) in [6, 6.07) is 0. The summed E-state index contributed by atoms with van der Waals surface area (Å²) in [7, 11) is 0. The fraction of sp³-hybridized carbons (Fsp3) is 0.812. The highest BCUT2D eigenvalue weighted by Crippen LogP contribution is 2.36. The van der Waals surface area contributed by atoms with Crippen LogP contribution in [0.2, 0.25) is 0 Å². The van der Waals surface area contributed by atoms with E-state index >= 15 is 0 Å². The second kappa shape index (κ2) is 6.58. The van der Waals surface area contributed by atoms with Crippen molar-refractivity contribution in [2.75, 3.05) is 6.61 Å². The maximum atomic E-state index is 12.0. The van der Waals surface area contributed by atoms with Gasteiger partial charge in [-0.1, -0.05) is 18.5 Å². The highest BCUT2D eigenvalue weighted by atomic mass is 16.5. The van der Waals surface area contributed by atoms with Gasteiger partial charge in [0.1, 0.15) is 5.41 Å². The van der Waals surface area contributed by atoms with Gasteiger partial charge in [-0.25, -0.2) is 0 Å². The third kappa shape index (κ3) is 3.44. The van der Waals surface area contributed by atoms with Gasteiger partial charge in [-0.15, -0.1) is 0 Å². The van der Waals surface area contributed by atoms with Crippen LogP contribution in [-0.4, -0.2) is 22.7 Å². The van der Waals surface area contributed by atoms with Crippen molar-refractivity contribution in [3.05, 3.63) is 11.7 Å². The number of rotatable bonds is 5. The molecule has 1 aliphatic rings. The summed E-state index contributed by atoms with van der Waals surface area (Å²) in [5.41, 5.74) is -0.887. The van der Waals surface area contributed by atoms with Crippen molar-refractivity contribution in [2.45, 2.75) is 71.1 Å². The van der Waals surface area contributed by atoms with Crippen molar-refractivity contribution in [2.24, 2.45) is 5.92 Å². The minimum Gasteiger partial charge on any atom is -0.465 e. The molecule has 1 heterocycles. The zero-order valence-corrected chi connectivity index (χ0v) is 13.5. The molecule has 5 nitrogen and oxygen atoms in total. The molecule has 1 aliphatic carbocycles. The summed E-state index contributed by atoms with van der Waals surface area (Å²) in [5, 5.41) is 4.11. The number of aromatic nitrogens is 2. The van der Waals surface area contributed by atoms with Crippen LogP contribution in [0.1, 0.15) is 77.4 Å². The molecule has 0 aromatic carbocycles. The van der Waals surface area contributed by atoms with E-state index in [9.17, 15) is 4.79 Å². The van der Waals surface area contributed by atoms with Crippen LogP contribution in [-0.2, 0) is 14.9 Å². The number of hydrogen-bond donors (Lipinski definition) is 0. The fourth-order valence-electron chi connectivity index (χ4n) is 2.88. The number of nitrogens with zero attached hydrogens (tertiary/aromatic N) is 2. The van der Waals surface area contributed by atoms with Crippen molar-refractivity contribution < 1.29 is 14.1 Å². The Hall–Kier alpha value is -1.39. The summed E-state index contributed by atoms with van der Waals surface area (Å²) < 4.78 is 10.4. The lowest BCUT2D eigenvalue weighted by atomic mass is 9.80. The van der Waals surface area contributed by atoms with E-state index < -0.39 is 5.41 Å². The smallest absolute Gasteiger partial charge is 0.321 e. The molecule has 0 atom stereocenters. The molecule has 0 amide bonds. The summed E-state index contributed by atoms with van der Waals surface area (Å²) in [6.45, 7) is 7.91.